The number of nitrogens with two attached hydrogens (primary N) is 1. The minimum Gasteiger partial charge on any atom is -0.491 e. The molecule has 166 valence electrons. The molecule has 0 radical (unpaired) electrons. The van der Waals surface area contributed by atoms with E-state index >= 15 is 0 Å². The quantitative estimate of drug-likeness (QED) is 0.497. The third-order valence-corrected chi connectivity index (χ3v) is 6.38. The normalized spacial score (nSPS) is 17.9. The molecule has 1 aliphatic rings. The lowest BCUT2D eigenvalue weighted by molar-refractivity contribution is 0.253. The number of benzene rings is 1. The number of ether oxygens (including phenoxy) is 1. The molecular weight excluding hydrogens is 407 g/mol. The molecule has 2 N–H and O–H groups in total. The molecule has 0 amide bonds. The molecule has 32 heavy (non-hydrogen) atoms. The zero-order valence-electron chi connectivity index (χ0n) is 18.3. The summed E-state index contributed by atoms with van der Waals surface area (Å²) in [5, 5.41) is 9.41. The first-order valence-corrected chi connectivity index (χ1v) is 11.1. The van der Waals surface area contributed by atoms with Crippen molar-refractivity contribution in [1.82, 2.24) is 24.5 Å². The zero-order valence-corrected chi connectivity index (χ0v) is 18.3. The van der Waals surface area contributed by atoms with Crippen LogP contribution in [0.2, 0.25) is 0 Å². The van der Waals surface area contributed by atoms with Crippen LogP contribution >= 0.6 is 0 Å². The molecule has 1 fully saturated rings. The Morgan fingerprint density at radius 1 is 1.22 bits per heavy atom. The van der Waals surface area contributed by atoms with Crippen molar-refractivity contribution in [1.29, 1.82) is 0 Å². The highest BCUT2D eigenvalue weighted by atomic mass is 19.1. The number of nitrogens with zero attached hydrogens (tertiary/aromatic N) is 5. The van der Waals surface area contributed by atoms with Crippen molar-refractivity contribution >= 4 is 16.6 Å². The molecule has 4 aromatic rings. The summed E-state index contributed by atoms with van der Waals surface area (Å²) < 4.78 is 21.6. The molecule has 1 aliphatic heterocycles. The second-order valence-corrected chi connectivity index (χ2v) is 8.38. The fraction of sp³-hybridized carbons (Fsp3) is 0.375. The Morgan fingerprint density at radius 2 is 2.09 bits per heavy atom. The number of pyridine rings is 2. The fourth-order valence-electron chi connectivity index (χ4n) is 4.46. The Bertz CT molecular complexity index is 1270. The maximum atomic E-state index is 14.2. The SMILES string of the molecule is CCOc1cc2nc(-c3nnc4ccc([C@H](C)N5CC[C@H](CN)C5)cn34)ccc2cc1F. The molecule has 0 unspecified atom stereocenters. The largest absolute Gasteiger partial charge is 0.491 e. The first kappa shape index (κ1) is 20.8. The lowest BCUT2D eigenvalue weighted by Gasteiger charge is -2.24. The van der Waals surface area contributed by atoms with Gasteiger partial charge in [0.15, 0.2) is 23.0 Å². The van der Waals surface area contributed by atoms with E-state index in [4.69, 9.17) is 15.5 Å². The van der Waals surface area contributed by atoms with Gasteiger partial charge in [0, 0.05) is 30.2 Å². The predicted molar refractivity (Wildman–Crippen MR) is 122 cm³/mol. The summed E-state index contributed by atoms with van der Waals surface area (Å²) in [7, 11) is 0. The standard InChI is InChI=1S/C24H27FN6O/c1-3-32-22-11-21-17(10-19(22)25)4-6-20(27-21)24-29-28-23-7-5-18(14-31(23)24)15(2)30-9-8-16(12-26)13-30/h4-7,10-11,14-16H,3,8-9,12-13,26H2,1-2H3/t15-,16+/m0/s1. The maximum Gasteiger partial charge on any atom is 0.187 e. The van der Waals surface area contributed by atoms with Gasteiger partial charge in [0.2, 0.25) is 0 Å². The lowest BCUT2D eigenvalue weighted by atomic mass is 10.1. The van der Waals surface area contributed by atoms with Crippen LogP contribution in [0.25, 0.3) is 28.1 Å². The van der Waals surface area contributed by atoms with E-state index in [0.717, 1.165) is 31.7 Å². The molecule has 7 nitrogen and oxygen atoms in total. The smallest absolute Gasteiger partial charge is 0.187 e. The maximum absolute atomic E-state index is 14.2. The molecule has 5 rings (SSSR count). The van der Waals surface area contributed by atoms with Gasteiger partial charge < -0.3 is 10.5 Å². The van der Waals surface area contributed by atoms with Crippen LogP contribution in [0.15, 0.2) is 42.6 Å². The van der Waals surface area contributed by atoms with Crippen LogP contribution < -0.4 is 10.5 Å². The molecule has 8 heteroatoms. The lowest BCUT2D eigenvalue weighted by Crippen LogP contribution is -2.26. The summed E-state index contributed by atoms with van der Waals surface area (Å²) in [6.45, 7) is 7.26. The van der Waals surface area contributed by atoms with E-state index in [2.05, 4.69) is 34.3 Å². The molecule has 0 saturated carbocycles. The van der Waals surface area contributed by atoms with Crippen LogP contribution in [0.3, 0.4) is 0 Å². The minimum absolute atomic E-state index is 0.202. The monoisotopic (exact) mass is 434 g/mol. The molecule has 1 aromatic carbocycles. The molecule has 0 bridgehead atoms. The summed E-state index contributed by atoms with van der Waals surface area (Å²) in [6.07, 6.45) is 3.24. The molecule has 2 atom stereocenters. The topological polar surface area (TPSA) is 81.6 Å². The summed E-state index contributed by atoms with van der Waals surface area (Å²) in [5.41, 5.74) is 9.15. The number of hydrogen-bond donors (Lipinski definition) is 1. The number of fused-ring (bicyclic) bond motifs is 2. The Kier molecular flexibility index (Phi) is 5.48. The molecule has 1 saturated heterocycles. The second kappa shape index (κ2) is 8.44. The van der Waals surface area contributed by atoms with Gasteiger partial charge in [-0.2, -0.15) is 0 Å². The van der Waals surface area contributed by atoms with Gasteiger partial charge in [0.05, 0.1) is 12.1 Å². The number of likely N-dealkylation sites (tertiary alicyclic amines) is 1. The molecule has 4 heterocycles. The summed E-state index contributed by atoms with van der Waals surface area (Å²) in [6, 6.07) is 11.1. The Labute approximate surface area is 186 Å². The van der Waals surface area contributed by atoms with E-state index in [1.54, 1.807) is 6.07 Å². The molecule has 0 aliphatic carbocycles. The van der Waals surface area contributed by atoms with Crippen LogP contribution in [0.5, 0.6) is 5.75 Å². The molecule has 0 spiro atoms. The van der Waals surface area contributed by atoms with E-state index in [1.165, 1.54) is 11.6 Å². The van der Waals surface area contributed by atoms with E-state index in [-0.39, 0.29) is 17.6 Å². The van der Waals surface area contributed by atoms with Crippen molar-refractivity contribution in [3.63, 3.8) is 0 Å². The van der Waals surface area contributed by atoms with Crippen LogP contribution in [0, 0.1) is 11.7 Å². The summed E-state index contributed by atoms with van der Waals surface area (Å²) in [5.74, 6) is 1.03. The fourth-order valence-corrected chi connectivity index (χ4v) is 4.46. The number of hydrogen-bond acceptors (Lipinski definition) is 6. The average molecular weight is 435 g/mol. The van der Waals surface area contributed by atoms with Gasteiger partial charge >= 0.3 is 0 Å². The van der Waals surface area contributed by atoms with Gasteiger partial charge in [-0.3, -0.25) is 9.30 Å². The van der Waals surface area contributed by atoms with Crippen molar-refractivity contribution < 1.29 is 9.13 Å². The van der Waals surface area contributed by atoms with Gasteiger partial charge in [0.1, 0.15) is 5.69 Å². The average Bonchev–Trinajstić information content (AvgIpc) is 3.46. The van der Waals surface area contributed by atoms with Gasteiger partial charge in [0.25, 0.3) is 0 Å². The number of rotatable bonds is 6. The van der Waals surface area contributed by atoms with Gasteiger partial charge in [-0.25, -0.2) is 9.37 Å². The summed E-state index contributed by atoms with van der Waals surface area (Å²) >= 11 is 0. The van der Waals surface area contributed by atoms with E-state index in [0.29, 0.717) is 34.9 Å². The zero-order chi connectivity index (χ0) is 22.2. The highest BCUT2D eigenvalue weighted by Gasteiger charge is 2.26. The highest BCUT2D eigenvalue weighted by Crippen LogP contribution is 2.29. The van der Waals surface area contributed by atoms with Crippen molar-refractivity contribution in [3.8, 4) is 17.3 Å². The van der Waals surface area contributed by atoms with Crippen LogP contribution in [0.1, 0.15) is 31.9 Å². The first-order chi connectivity index (χ1) is 15.6. The van der Waals surface area contributed by atoms with Crippen molar-refractivity contribution in [2.45, 2.75) is 26.3 Å². The van der Waals surface area contributed by atoms with Crippen molar-refractivity contribution in [3.05, 3.63) is 54.0 Å². The molecule has 3 aromatic heterocycles. The third kappa shape index (κ3) is 3.69. The third-order valence-electron chi connectivity index (χ3n) is 6.38. The Balaban J connectivity index is 1.52. The van der Waals surface area contributed by atoms with Gasteiger partial charge in [-0.15, -0.1) is 10.2 Å². The summed E-state index contributed by atoms with van der Waals surface area (Å²) in [4.78, 5) is 7.20. The number of aromatic nitrogens is 4. The Hall–Kier alpha value is -3.10. The van der Waals surface area contributed by atoms with E-state index < -0.39 is 0 Å². The van der Waals surface area contributed by atoms with E-state index in [1.807, 2.05) is 29.5 Å². The predicted octanol–water partition coefficient (Wildman–Crippen LogP) is 3.82. The van der Waals surface area contributed by atoms with Gasteiger partial charge in [-0.1, -0.05) is 12.1 Å². The van der Waals surface area contributed by atoms with Crippen LogP contribution in [0.4, 0.5) is 4.39 Å². The minimum atomic E-state index is -0.390. The van der Waals surface area contributed by atoms with Crippen molar-refractivity contribution in [2.75, 3.05) is 26.2 Å². The first-order valence-electron chi connectivity index (χ1n) is 11.1. The molecular formula is C24H27FN6O. The van der Waals surface area contributed by atoms with Gasteiger partial charge in [-0.05, 0) is 63.0 Å². The second-order valence-electron chi connectivity index (χ2n) is 8.38. The Morgan fingerprint density at radius 3 is 2.88 bits per heavy atom. The van der Waals surface area contributed by atoms with Crippen molar-refractivity contribution in [2.24, 2.45) is 11.7 Å². The van der Waals surface area contributed by atoms with Crippen LogP contribution in [-0.4, -0.2) is 50.7 Å². The highest BCUT2D eigenvalue weighted by molar-refractivity contribution is 5.82. The van der Waals surface area contributed by atoms with E-state index in [9.17, 15) is 4.39 Å². The number of halogens is 1. The van der Waals surface area contributed by atoms with Crippen LogP contribution in [-0.2, 0) is 0 Å².